The quantitative estimate of drug-likeness (QED) is 0.140. The molecule has 1 saturated heterocycles. The predicted molar refractivity (Wildman–Crippen MR) is 153 cm³/mol. The number of hydrogen-bond acceptors (Lipinski definition) is 5. The Balaban J connectivity index is 1.90. The minimum absolute atomic E-state index is 0.363. The number of aryl methyl sites for hydroxylation is 1. The normalized spacial score (nSPS) is 17.3. The lowest BCUT2D eigenvalue weighted by Crippen LogP contribution is -2.50. The minimum Gasteiger partial charge on any atom is -0.497 e. The van der Waals surface area contributed by atoms with Gasteiger partial charge in [0.05, 0.1) is 19.9 Å². The zero-order valence-electron chi connectivity index (χ0n) is 20.1. The van der Waals surface area contributed by atoms with E-state index in [0.29, 0.717) is 22.4 Å². The molecule has 0 aliphatic carbocycles. The molecular weight excluding hydrogens is 555 g/mol. The van der Waals surface area contributed by atoms with Crippen LogP contribution in [0.3, 0.4) is 0 Å². The van der Waals surface area contributed by atoms with Crippen molar-refractivity contribution < 1.29 is 14.3 Å². The van der Waals surface area contributed by atoms with E-state index < -0.39 is 16.1 Å². The number of methoxy groups -OCH3 is 2. The van der Waals surface area contributed by atoms with Gasteiger partial charge < -0.3 is 9.47 Å². The van der Waals surface area contributed by atoms with E-state index >= 15 is 0 Å². The molecule has 3 aromatic carbocycles. The van der Waals surface area contributed by atoms with E-state index in [4.69, 9.17) is 54.3 Å². The number of carbonyl (C=O) groups is 1. The van der Waals surface area contributed by atoms with Crippen LogP contribution in [0.15, 0.2) is 88.8 Å². The summed E-state index contributed by atoms with van der Waals surface area (Å²) in [6, 6.07) is 24.4. The number of aliphatic imine (C=N–C) groups is 2. The Hall–Kier alpha value is -2.91. The van der Waals surface area contributed by atoms with Crippen molar-refractivity contribution in [1.82, 2.24) is 4.31 Å². The van der Waals surface area contributed by atoms with Gasteiger partial charge >= 0.3 is 6.09 Å². The third-order valence-corrected chi connectivity index (χ3v) is 6.94. The van der Waals surface area contributed by atoms with E-state index in [1.165, 1.54) is 11.4 Å². The molecule has 7 nitrogen and oxygen atoms in total. The molecule has 0 saturated carbocycles. The second-order valence-electron chi connectivity index (χ2n) is 7.90. The molecule has 37 heavy (non-hydrogen) atoms. The number of benzene rings is 3. The minimum atomic E-state index is -1.92. The fraction of sp³-hybridized carbons (Fsp3) is 0.192. The van der Waals surface area contributed by atoms with Gasteiger partial charge in [-0.2, -0.15) is 0 Å². The number of carbonyl (C=O) groups excluding carboxylic acids is 1. The Bertz CT molecular complexity index is 1300. The van der Waals surface area contributed by atoms with E-state index in [1.807, 2.05) is 61.5 Å². The van der Waals surface area contributed by atoms with Gasteiger partial charge in [-0.05, 0) is 43.3 Å². The number of alkyl halides is 3. The maximum Gasteiger partial charge on any atom is 0.421 e. The molecule has 11 heteroatoms. The average molecular weight is 578 g/mol. The van der Waals surface area contributed by atoms with Crippen LogP contribution in [0.4, 0.5) is 16.2 Å². The number of amides is 1. The zero-order valence-corrected chi connectivity index (χ0v) is 23.2. The van der Waals surface area contributed by atoms with Gasteiger partial charge in [-0.1, -0.05) is 82.8 Å². The monoisotopic (exact) mass is 576 g/mol. The van der Waals surface area contributed by atoms with Gasteiger partial charge in [0.2, 0.25) is 3.79 Å². The number of nitrogens with zero attached hydrogens (tertiary/aromatic N) is 4. The van der Waals surface area contributed by atoms with E-state index in [0.717, 1.165) is 28.8 Å². The molecule has 0 aromatic heterocycles. The van der Waals surface area contributed by atoms with Crippen molar-refractivity contribution in [2.75, 3.05) is 19.1 Å². The van der Waals surface area contributed by atoms with Crippen molar-refractivity contribution in [2.45, 2.75) is 16.9 Å². The van der Waals surface area contributed by atoms with Crippen molar-refractivity contribution in [3.63, 3.8) is 0 Å². The Kier molecular flexibility index (Phi) is 8.54. The van der Waals surface area contributed by atoms with Crippen LogP contribution in [0.1, 0.15) is 11.1 Å². The lowest BCUT2D eigenvalue weighted by Gasteiger charge is -2.33. The first kappa shape index (κ1) is 27.1. The fourth-order valence-electron chi connectivity index (χ4n) is 3.54. The van der Waals surface area contributed by atoms with Crippen LogP contribution in [0.25, 0.3) is 0 Å². The molecule has 1 amide bonds. The van der Waals surface area contributed by atoms with Crippen LogP contribution in [0.2, 0.25) is 0 Å². The Morgan fingerprint density at radius 1 is 0.946 bits per heavy atom. The summed E-state index contributed by atoms with van der Waals surface area (Å²) in [4.78, 5) is 24.1. The number of rotatable bonds is 4. The molecule has 192 valence electrons. The molecule has 3 aromatic rings. The SMILES string of the molecule is COC(=O)N1SC(=NC(=Nc2ccc(C)cc2)c2ccccc2)N(c2ccc(OC)cc2)[C@H]1C(Cl)(Cl)Cl. The predicted octanol–water partition coefficient (Wildman–Crippen LogP) is 7.37. The molecule has 4 rings (SSSR count). The first-order chi connectivity index (χ1) is 17.7. The van der Waals surface area contributed by atoms with Gasteiger partial charge in [-0.15, -0.1) is 0 Å². The van der Waals surface area contributed by atoms with Crippen molar-refractivity contribution in [1.29, 1.82) is 0 Å². The summed E-state index contributed by atoms with van der Waals surface area (Å²) >= 11 is 20.3. The lowest BCUT2D eigenvalue weighted by atomic mass is 10.2. The van der Waals surface area contributed by atoms with Crippen LogP contribution in [0.5, 0.6) is 5.75 Å². The summed E-state index contributed by atoms with van der Waals surface area (Å²) < 4.78 is 9.60. The molecule has 1 heterocycles. The highest BCUT2D eigenvalue weighted by Gasteiger charge is 2.52. The Labute approximate surface area is 234 Å². The van der Waals surface area contributed by atoms with Gasteiger partial charge in [-0.25, -0.2) is 19.1 Å². The highest BCUT2D eigenvalue weighted by molar-refractivity contribution is 8.13. The summed E-state index contributed by atoms with van der Waals surface area (Å²) in [6.07, 6.45) is -1.76. The zero-order chi connectivity index (χ0) is 26.6. The van der Waals surface area contributed by atoms with Gasteiger partial charge in [0, 0.05) is 23.2 Å². The van der Waals surface area contributed by atoms with Crippen LogP contribution < -0.4 is 9.64 Å². The third kappa shape index (κ3) is 6.33. The first-order valence-electron chi connectivity index (χ1n) is 11.1. The molecule has 1 fully saturated rings. The van der Waals surface area contributed by atoms with Crippen LogP contribution in [-0.4, -0.2) is 45.6 Å². The first-order valence-corrected chi connectivity index (χ1v) is 13.0. The molecule has 0 bridgehead atoms. The molecule has 1 aliphatic rings. The number of halogens is 3. The smallest absolute Gasteiger partial charge is 0.421 e. The van der Waals surface area contributed by atoms with E-state index in [1.54, 1.807) is 36.3 Å². The molecule has 1 atom stereocenters. The number of hydrogen-bond donors (Lipinski definition) is 0. The van der Waals surface area contributed by atoms with Crippen molar-refractivity contribution in [2.24, 2.45) is 9.98 Å². The largest absolute Gasteiger partial charge is 0.497 e. The Morgan fingerprint density at radius 3 is 2.16 bits per heavy atom. The maximum atomic E-state index is 12.7. The topological polar surface area (TPSA) is 66.7 Å². The summed E-state index contributed by atoms with van der Waals surface area (Å²) in [5.74, 6) is 1.07. The average Bonchev–Trinajstić information content (AvgIpc) is 3.29. The summed E-state index contributed by atoms with van der Waals surface area (Å²) in [7, 11) is 2.84. The van der Waals surface area contributed by atoms with Crippen molar-refractivity contribution in [3.8, 4) is 5.75 Å². The Morgan fingerprint density at radius 2 is 1.59 bits per heavy atom. The van der Waals surface area contributed by atoms with Gasteiger partial charge in [0.1, 0.15) is 5.75 Å². The lowest BCUT2D eigenvalue weighted by molar-refractivity contribution is 0.144. The molecule has 0 unspecified atom stereocenters. The number of anilines is 1. The molecule has 0 N–H and O–H groups in total. The van der Waals surface area contributed by atoms with Crippen LogP contribution >= 0.6 is 46.8 Å². The standard InChI is InChI=1S/C26H23Cl3N4O3S/c1-17-9-11-19(12-10-17)30-22(18-7-5-4-6-8-18)31-24-32(20-13-15-21(35-2)16-14-20)23(26(27,28)29)33(37-24)25(34)36-3/h4-16,23H,1-3H3/t23-/m1/s1. The summed E-state index contributed by atoms with van der Waals surface area (Å²) in [6.45, 7) is 2.01. The summed E-state index contributed by atoms with van der Waals surface area (Å²) in [5, 5.41) is 0.363. The number of amidine groups is 2. The van der Waals surface area contributed by atoms with E-state index in [-0.39, 0.29) is 0 Å². The van der Waals surface area contributed by atoms with Crippen molar-refractivity contribution >= 4 is 75.2 Å². The molecule has 0 spiro atoms. The number of ether oxygens (including phenoxy) is 2. The fourth-order valence-corrected chi connectivity index (χ4v) is 5.40. The van der Waals surface area contributed by atoms with Gasteiger partial charge in [0.15, 0.2) is 17.2 Å². The van der Waals surface area contributed by atoms with Crippen molar-refractivity contribution in [3.05, 3.63) is 90.0 Å². The summed E-state index contributed by atoms with van der Waals surface area (Å²) in [5.41, 5.74) is 3.23. The van der Waals surface area contributed by atoms with Crippen LogP contribution in [0, 0.1) is 6.92 Å². The third-order valence-electron chi connectivity index (χ3n) is 5.35. The van der Waals surface area contributed by atoms with E-state index in [2.05, 4.69) is 0 Å². The molecular formula is C26H23Cl3N4O3S. The second-order valence-corrected chi connectivity index (χ2v) is 11.2. The maximum absolute atomic E-state index is 12.7. The highest BCUT2D eigenvalue weighted by atomic mass is 35.6. The second kappa shape index (κ2) is 11.6. The molecule has 0 radical (unpaired) electrons. The van der Waals surface area contributed by atoms with Gasteiger partial charge in [-0.3, -0.25) is 4.90 Å². The van der Waals surface area contributed by atoms with Crippen LogP contribution in [-0.2, 0) is 4.74 Å². The van der Waals surface area contributed by atoms with E-state index in [9.17, 15) is 4.79 Å². The highest BCUT2D eigenvalue weighted by Crippen LogP contribution is 2.46. The molecule has 1 aliphatic heterocycles. The van der Waals surface area contributed by atoms with Gasteiger partial charge in [0.25, 0.3) is 0 Å².